The molecule has 0 bridgehead atoms. The summed E-state index contributed by atoms with van der Waals surface area (Å²) >= 11 is 0. The van der Waals surface area contributed by atoms with E-state index in [0.717, 1.165) is 49.8 Å². The van der Waals surface area contributed by atoms with Crippen LogP contribution in [-0.2, 0) is 12.7 Å². The first-order valence-corrected chi connectivity index (χ1v) is 11.7. The number of hydrogen-bond donors (Lipinski definition) is 1. The zero-order chi connectivity index (χ0) is 25.4. The van der Waals surface area contributed by atoms with Gasteiger partial charge in [0, 0.05) is 36.3 Å². The van der Waals surface area contributed by atoms with E-state index in [4.69, 9.17) is 0 Å². The summed E-state index contributed by atoms with van der Waals surface area (Å²) in [5, 5.41) is 14.1. The maximum atomic E-state index is 13.9. The average Bonchev–Trinajstić information content (AvgIpc) is 3.23. The number of hydrogen-bond acceptors (Lipinski definition) is 3. The first-order chi connectivity index (χ1) is 17.2. The largest absolute Gasteiger partial charge is 0.418 e. The fraction of sp³-hybridized carbons (Fsp3) is 0.296. The number of aromatic nitrogens is 2. The third kappa shape index (κ3) is 4.67. The molecule has 4 aromatic rings. The van der Waals surface area contributed by atoms with Gasteiger partial charge in [0.1, 0.15) is 5.52 Å². The van der Waals surface area contributed by atoms with E-state index >= 15 is 0 Å². The van der Waals surface area contributed by atoms with Gasteiger partial charge < -0.3 is 10.0 Å². The van der Waals surface area contributed by atoms with Crippen LogP contribution in [0, 0.1) is 17.6 Å². The van der Waals surface area contributed by atoms with Crippen molar-refractivity contribution in [1.29, 1.82) is 0 Å². The van der Waals surface area contributed by atoms with Gasteiger partial charge in [0.15, 0.2) is 11.6 Å². The molecule has 1 aromatic heterocycles. The summed E-state index contributed by atoms with van der Waals surface area (Å²) in [7, 11) is 0. The Labute approximate surface area is 204 Å². The quantitative estimate of drug-likeness (QED) is 0.329. The van der Waals surface area contributed by atoms with E-state index in [0.29, 0.717) is 22.2 Å². The number of anilines is 1. The van der Waals surface area contributed by atoms with Gasteiger partial charge in [0.25, 0.3) is 0 Å². The van der Waals surface area contributed by atoms with Crippen molar-refractivity contribution in [3.63, 3.8) is 0 Å². The Morgan fingerprint density at radius 1 is 0.917 bits per heavy atom. The summed E-state index contributed by atoms with van der Waals surface area (Å²) in [5.41, 5.74) is 1.38. The highest BCUT2D eigenvalue weighted by Crippen LogP contribution is 2.39. The number of aliphatic hydroxyl groups is 1. The predicted octanol–water partition coefficient (Wildman–Crippen LogP) is 6.26. The van der Waals surface area contributed by atoms with Crippen molar-refractivity contribution in [2.45, 2.75) is 25.6 Å². The molecule has 0 atom stereocenters. The average molecular weight is 501 g/mol. The minimum absolute atomic E-state index is 0.0371. The predicted molar refractivity (Wildman–Crippen MR) is 128 cm³/mol. The molecule has 4 nitrogen and oxygen atoms in total. The number of piperidine rings is 1. The van der Waals surface area contributed by atoms with Crippen LogP contribution in [0.5, 0.6) is 0 Å². The standard InChI is InChI=1S/C27H24F5N3O/c28-23-8-7-18(13-24(23)29)15-35-26(21-5-2-6-22(25(21)33-35)27(30,31)32)19-3-1-4-20(14-19)34-11-9-17(16-36)10-12-34/h1-8,13-14,17,36H,9-12,15-16H2. The molecule has 9 heteroatoms. The molecule has 0 radical (unpaired) electrons. The highest BCUT2D eigenvalue weighted by atomic mass is 19.4. The van der Waals surface area contributed by atoms with Crippen LogP contribution in [0.2, 0.25) is 0 Å². The van der Waals surface area contributed by atoms with Crippen molar-refractivity contribution in [3.8, 4) is 11.3 Å². The van der Waals surface area contributed by atoms with Crippen molar-refractivity contribution in [2.75, 3.05) is 24.6 Å². The van der Waals surface area contributed by atoms with E-state index < -0.39 is 23.4 Å². The first kappa shape index (κ1) is 24.2. The summed E-state index contributed by atoms with van der Waals surface area (Å²) in [5.74, 6) is -1.76. The van der Waals surface area contributed by atoms with E-state index in [2.05, 4.69) is 10.00 Å². The van der Waals surface area contributed by atoms with Crippen molar-refractivity contribution < 1.29 is 27.1 Å². The molecule has 0 aliphatic carbocycles. The summed E-state index contributed by atoms with van der Waals surface area (Å²) in [4.78, 5) is 2.19. The van der Waals surface area contributed by atoms with E-state index in [9.17, 15) is 27.1 Å². The molecule has 2 heterocycles. The van der Waals surface area contributed by atoms with Crippen LogP contribution in [0.1, 0.15) is 24.0 Å². The molecule has 0 spiro atoms. The molecule has 1 aliphatic heterocycles. The molecule has 1 N–H and O–H groups in total. The zero-order valence-electron chi connectivity index (χ0n) is 19.3. The van der Waals surface area contributed by atoms with Gasteiger partial charge in [0.05, 0.1) is 17.8 Å². The summed E-state index contributed by atoms with van der Waals surface area (Å²) in [6.45, 7) is 1.65. The molecule has 1 saturated heterocycles. The van der Waals surface area contributed by atoms with E-state index in [1.807, 2.05) is 24.3 Å². The molecule has 5 rings (SSSR count). The van der Waals surface area contributed by atoms with Gasteiger partial charge in [-0.05, 0) is 54.7 Å². The van der Waals surface area contributed by atoms with Crippen molar-refractivity contribution in [1.82, 2.24) is 9.78 Å². The third-order valence-corrected chi connectivity index (χ3v) is 6.75. The monoisotopic (exact) mass is 501 g/mol. The number of nitrogens with zero attached hydrogens (tertiary/aromatic N) is 3. The summed E-state index contributed by atoms with van der Waals surface area (Å²) in [6, 6.07) is 14.8. The minimum Gasteiger partial charge on any atom is -0.396 e. The van der Waals surface area contributed by atoms with Crippen LogP contribution >= 0.6 is 0 Å². The normalized spacial score (nSPS) is 15.1. The maximum absolute atomic E-state index is 13.9. The zero-order valence-corrected chi connectivity index (χ0v) is 19.3. The Kier molecular flexibility index (Phi) is 6.42. The van der Waals surface area contributed by atoms with Gasteiger partial charge in [-0.1, -0.05) is 30.3 Å². The number of halogens is 5. The van der Waals surface area contributed by atoms with Crippen molar-refractivity contribution in [2.24, 2.45) is 5.92 Å². The molecule has 3 aromatic carbocycles. The van der Waals surface area contributed by atoms with Crippen LogP contribution in [0.4, 0.5) is 27.6 Å². The topological polar surface area (TPSA) is 41.3 Å². The summed E-state index contributed by atoms with van der Waals surface area (Å²) in [6.07, 6.45) is -2.89. The number of aliphatic hydroxyl groups excluding tert-OH is 1. The molecule has 0 unspecified atom stereocenters. The maximum Gasteiger partial charge on any atom is 0.418 e. The molecular weight excluding hydrogens is 477 g/mol. The van der Waals surface area contributed by atoms with Gasteiger partial charge in [0.2, 0.25) is 0 Å². The van der Waals surface area contributed by atoms with Crippen LogP contribution in [-0.4, -0.2) is 34.6 Å². The second-order valence-corrected chi connectivity index (χ2v) is 9.12. The lowest BCUT2D eigenvalue weighted by Gasteiger charge is -2.33. The number of alkyl halides is 3. The Bertz CT molecular complexity index is 1390. The fourth-order valence-corrected chi connectivity index (χ4v) is 4.83. The number of rotatable bonds is 5. The Balaban J connectivity index is 1.62. The number of benzene rings is 3. The smallest absolute Gasteiger partial charge is 0.396 e. The van der Waals surface area contributed by atoms with Gasteiger partial charge in [-0.25, -0.2) is 8.78 Å². The van der Waals surface area contributed by atoms with Gasteiger partial charge in [-0.15, -0.1) is 0 Å². The summed E-state index contributed by atoms with van der Waals surface area (Å²) < 4.78 is 70.1. The Morgan fingerprint density at radius 3 is 2.36 bits per heavy atom. The third-order valence-electron chi connectivity index (χ3n) is 6.75. The molecule has 36 heavy (non-hydrogen) atoms. The highest BCUT2D eigenvalue weighted by molar-refractivity contribution is 5.95. The molecule has 0 amide bonds. The number of fused-ring (bicyclic) bond motifs is 1. The second kappa shape index (κ2) is 9.54. The fourth-order valence-electron chi connectivity index (χ4n) is 4.83. The van der Waals surface area contributed by atoms with Crippen molar-refractivity contribution in [3.05, 3.63) is 83.4 Å². The highest BCUT2D eigenvalue weighted by Gasteiger charge is 2.34. The lowest BCUT2D eigenvalue weighted by Crippen LogP contribution is -2.34. The molecule has 1 fully saturated rings. The SMILES string of the molecule is OCC1CCN(c2cccc(-c3c4cccc(C(F)(F)F)c4nn3Cc3ccc(F)c(F)c3)c2)CC1. The van der Waals surface area contributed by atoms with Crippen LogP contribution in [0.3, 0.4) is 0 Å². The second-order valence-electron chi connectivity index (χ2n) is 9.12. The lowest BCUT2D eigenvalue weighted by atomic mass is 9.97. The first-order valence-electron chi connectivity index (χ1n) is 11.7. The Hall–Kier alpha value is -3.46. The van der Waals surface area contributed by atoms with E-state index in [1.54, 1.807) is 6.07 Å². The molecule has 188 valence electrons. The van der Waals surface area contributed by atoms with Gasteiger partial charge >= 0.3 is 6.18 Å². The van der Waals surface area contributed by atoms with Crippen molar-refractivity contribution >= 4 is 16.6 Å². The Morgan fingerprint density at radius 2 is 1.67 bits per heavy atom. The van der Waals surface area contributed by atoms with E-state index in [-0.39, 0.29) is 24.6 Å². The van der Waals surface area contributed by atoms with Crippen LogP contribution in [0.15, 0.2) is 60.7 Å². The lowest BCUT2D eigenvalue weighted by molar-refractivity contribution is -0.136. The van der Waals surface area contributed by atoms with Gasteiger partial charge in [-0.3, -0.25) is 4.68 Å². The van der Waals surface area contributed by atoms with E-state index in [1.165, 1.54) is 16.8 Å². The van der Waals surface area contributed by atoms with Crippen LogP contribution < -0.4 is 4.90 Å². The van der Waals surface area contributed by atoms with Gasteiger partial charge in [-0.2, -0.15) is 18.3 Å². The minimum atomic E-state index is -4.60. The molecule has 1 aliphatic rings. The van der Waals surface area contributed by atoms with Crippen LogP contribution in [0.25, 0.3) is 22.2 Å². The molecular formula is C27H24F5N3O. The molecule has 0 saturated carbocycles.